The van der Waals surface area contributed by atoms with Crippen molar-refractivity contribution >= 4 is 11.9 Å². The molecule has 0 aromatic heterocycles. The van der Waals surface area contributed by atoms with Crippen LogP contribution in [0.25, 0.3) is 0 Å². The summed E-state index contributed by atoms with van der Waals surface area (Å²) in [7, 11) is 0. The van der Waals surface area contributed by atoms with Crippen LogP contribution in [-0.2, 0) is 22.2 Å². The monoisotopic (exact) mass is 315 g/mol. The number of halogens is 3. The van der Waals surface area contributed by atoms with Crippen LogP contribution in [0.4, 0.5) is 13.2 Å². The molecule has 0 spiro atoms. The van der Waals surface area contributed by atoms with Gasteiger partial charge in [-0.2, -0.15) is 13.2 Å². The topological polar surface area (TPSA) is 57.6 Å². The number of amides is 1. The first-order valence-corrected chi connectivity index (χ1v) is 6.79. The molecule has 1 amide bonds. The lowest BCUT2D eigenvalue weighted by molar-refractivity contribution is -0.147. The molecule has 1 fully saturated rings. The van der Waals surface area contributed by atoms with Crippen LogP contribution in [0.5, 0.6) is 0 Å². The molecule has 7 heteroatoms. The van der Waals surface area contributed by atoms with E-state index in [1.54, 1.807) is 6.92 Å². The molecule has 1 heterocycles. The molecule has 1 aliphatic rings. The highest BCUT2D eigenvalue weighted by atomic mass is 19.4. The number of aliphatic carboxylic acids is 1. The van der Waals surface area contributed by atoms with E-state index in [1.165, 1.54) is 17.0 Å². The molecule has 0 saturated carbocycles. The van der Waals surface area contributed by atoms with Crippen molar-refractivity contribution in [3.8, 4) is 0 Å². The van der Waals surface area contributed by atoms with Crippen LogP contribution in [0.3, 0.4) is 0 Å². The van der Waals surface area contributed by atoms with E-state index in [4.69, 9.17) is 5.11 Å². The Labute approximate surface area is 125 Å². The van der Waals surface area contributed by atoms with Crippen LogP contribution in [0.2, 0.25) is 0 Å². The zero-order valence-electron chi connectivity index (χ0n) is 12.0. The largest absolute Gasteiger partial charge is 0.481 e. The highest BCUT2D eigenvalue weighted by Crippen LogP contribution is 2.31. The van der Waals surface area contributed by atoms with Crippen LogP contribution >= 0.6 is 0 Å². The molecule has 1 N–H and O–H groups in total. The van der Waals surface area contributed by atoms with E-state index in [1.807, 2.05) is 0 Å². The van der Waals surface area contributed by atoms with Crippen molar-refractivity contribution in [3.05, 3.63) is 35.4 Å². The first-order valence-electron chi connectivity index (χ1n) is 6.79. The fraction of sp³-hybridized carbons (Fsp3) is 0.467. The SMILES string of the molecule is CC1(C(=O)O)CCN(C(=O)Cc2cccc(C(F)(F)F)c2)C1. The van der Waals surface area contributed by atoms with E-state index in [-0.39, 0.29) is 24.4 Å². The molecule has 120 valence electrons. The maximum Gasteiger partial charge on any atom is 0.416 e. The Balaban J connectivity index is 2.06. The second-order valence-corrected chi connectivity index (χ2v) is 5.81. The predicted octanol–water partition coefficient (Wildman–Crippen LogP) is 2.57. The molecule has 1 saturated heterocycles. The summed E-state index contributed by atoms with van der Waals surface area (Å²) < 4.78 is 37.9. The van der Waals surface area contributed by atoms with Gasteiger partial charge in [-0.05, 0) is 25.0 Å². The van der Waals surface area contributed by atoms with Crippen molar-refractivity contribution < 1.29 is 27.9 Å². The van der Waals surface area contributed by atoms with Gasteiger partial charge in [-0.3, -0.25) is 9.59 Å². The number of likely N-dealkylation sites (tertiary alicyclic amines) is 1. The minimum absolute atomic E-state index is 0.0835. The number of carboxylic acids is 1. The van der Waals surface area contributed by atoms with Crippen molar-refractivity contribution in [3.63, 3.8) is 0 Å². The van der Waals surface area contributed by atoms with E-state index in [0.29, 0.717) is 13.0 Å². The Hall–Kier alpha value is -2.05. The van der Waals surface area contributed by atoms with Gasteiger partial charge in [0.2, 0.25) is 5.91 Å². The van der Waals surface area contributed by atoms with Gasteiger partial charge >= 0.3 is 12.1 Å². The lowest BCUT2D eigenvalue weighted by Gasteiger charge is -2.20. The quantitative estimate of drug-likeness (QED) is 0.932. The Kier molecular flexibility index (Phi) is 4.17. The molecule has 2 rings (SSSR count). The summed E-state index contributed by atoms with van der Waals surface area (Å²) in [5.41, 5.74) is -1.51. The Bertz CT molecular complexity index is 600. The van der Waals surface area contributed by atoms with Crippen molar-refractivity contribution in [2.45, 2.75) is 25.9 Å². The minimum atomic E-state index is -4.45. The molecule has 0 radical (unpaired) electrons. The lowest BCUT2D eigenvalue weighted by atomic mass is 9.90. The highest BCUT2D eigenvalue weighted by molar-refractivity contribution is 5.82. The third-order valence-corrected chi connectivity index (χ3v) is 3.95. The molecule has 1 aliphatic heterocycles. The third-order valence-electron chi connectivity index (χ3n) is 3.95. The zero-order valence-corrected chi connectivity index (χ0v) is 12.0. The molecule has 0 bridgehead atoms. The van der Waals surface area contributed by atoms with Crippen molar-refractivity contribution in [2.75, 3.05) is 13.1 Å². The van der Waals surface area contributed by atoms with Gasteiger partial charge in [0, 0.05) is 13.1 Å². The molecule has 1 atom stereocenters. The molecule has 4 nitrogen and oxygen atoms in total. The summed E-state index contributed by atoms with van der Waals surface area (Å²) in [4.78, 5) is 24.7. The third kappa shape index (κ3) is 3.40. The van der Waals surface area contributed by atoms with E-state index < -0.39 is 23.1 Å². The summed E-state index contributed by atoms with van der Waals surface area (Å²) in [6.07, 6.45) is -4.27. The highest BCUT2D eigenvalue weighted by Gasteiger charge is 2.42. The van der Waals surface area contributed by atoms with Gasteiger partial charge in [0.25, 0.3) is 0 Å². The Morgan fingerprint density at radius 3 is 2.59 bits per heavy atom. The van der Waals surface area contributed by atoms with Crippen molar-refractivity contribution in [1.29, 1.82) is 0 Å². The first-order chi connectivity index (χ1) is 10.1. The number of alkyl halides is 3. The van der Waals surface area contributed by atoms with Crippen LogP contribution < -0.4 is 0 Å². The molecule has 1 aromatic rings. The first kappa shape index (κ1) is 16.3. The minimum Gasteiger partial charge on any atom is -0.481 e. The van der Waals surface area contributed by atoms with Crippen LogP contribution in [-0.4, -0.2) is 35.0 Å². The molecular formula is C15H16F3NO3. The number of hydrogen-bond donors (Lipinski definition) is 1. The maximum atomic E-state index is 12.6. The fourth-order valence-corrected chi connectivity index (χ4v) is 2.49. The molecule has 22 heavy (non-hydrogen) atoms. The normalized spacial score (nSPS) is 21.9. The lowest BCUT2D eigenvalue weighted by Crippen LogP contribution is -2.35. The maximum absolute atomic E-state index is 12.6. The summed E-state index contributed by atoms with van der Waals surface area (Å²) >= 11 is 0. The predicted molar refractivity (Wildman–Crippen MR) is 72.1 cm³/mol. The number of carbonyl (C=O) groups excluding carboxylic acids is 1. The van der Waals surface area contributed by atoms with E-state index in [2.05, 4.69) is 0 Å². The Morgan fingerprint density at radius 2 is 2.05 bits per heavy atom. The number of carboxylic acid groups (broad SMARTS) is 1. The van der Waals surface area contributed by atoms with Gasteiger partial charge in [0.05, 0.1) is 17.4 Å². The molecule has 0 aliphatic carbocycles. The number of benzene rings is 1. The van der Waals surface area contributed by atoms with Crippen LogP contribution in [0.15, 0.2) is 24.3 Å². The standard InChI is InChI=1S/C15H16F3NO3/c1-14(13(21)22)5-6-19(9-14)12(20)8-10-3-2-4-11(7-10)15(16,17)18/h2-4,7H,5-6,8-9H2,1H3,(H,21,22). The second kappa shape index (κ2) is 5.62. The number of carbonyl (C=O) groups is 2. The summed E-state index contributed by atoms with van der Waals surface area (Å²) in [5, 5.41) is 9.12. The van der Waals surface area contributed by atoms with Crippen LogP contribution in [0, 0.1) is 5.41 Å². The van der Waals surface area contributed by atoms with Gasteiger partial charge in [-0.25, -0.2) is 0 Å². The van der Waals surface area contributed by atoms with E-state index >= 15 is 0 Å². The summed E-state index contributed by atoms with van der Waals surface area (Å²) in [6, 6.07) is 4.62. The number of rotatable bonds is 3. The van der Waals surface area contributed by atoms with Crippen LogP contribution in [0.1, 0.15) is 24.5 Å². The van der Waals surface area contributed by atoms with Gasteiger partial charge in [0.15, 0.2) is 0 Å². The van der Waals surface area contributed by atoms with Gasteiger partial charge in [-0.1, -0.05) is 18.2 Å². The fourth-order valence-electron chi connectivity index (χ4n) is 2.49. The smallest absolute Gasteiger partial charge is 0.416 e. The number of nitrogens with zero attached hydrogens (tertiary/aromatic N) is 1. The van der Waals surface area contributed by atoms with Gasteiger partial charge < -0.3 is 10.0 Å². The Morgan fingerprint density at radius 1 is 1.36 bits per heavy atom. The average molecular weight is 315 g/mol. The summed E-state index contributed by atoms with van der Waals surface area (Å²) in [6.45, 7) is 1.95. The molecular weight excluding hydrogens is 299 g/mol. The van der Waals surface area contributed by atoms with Crippen molar-refractivity contribution in [1.82, 2.24) is 4.90 Å². The zero-order chi connectivity index (χ0) is 16.5. The average Bonchev–Trinajstić information content (AvgIpc) is 2.82. The number of hydrogen-bond acceptors (Lipinski definition) is 2. The van der Waals surface area contributed by atoms with E-state index in [9.17, 15) is 22.8 Å². The van der Waals surface area contributed by atoms with Gasteiger partial charge in [-0.15, -0.1) is 0 Å². The molecule has 1 unspecified atom stereocenters. The van der Waals surface area contributed by atoms with Gasteiger partial charge in [0.1, 0.15) is 0 Å². The second-order valence-electron chi connectivity index (χ2n) is 5.81. The van der Waals surface area contributed by atoms with Crippen molar-refractivity contribution in [2.24, 2.45) is 5.41 Å². The summed E-state index contributed by atoms with van der Waals surface area (Å²) in [5.74, 6) is -1.33. The molecule has 1 aromatic carbocycles. The van der Waals surface area contributed by atoms with E-state index in [0.717, 1.165) is 12.1 Å².